The van der Waals surface area contributed by atoms with Gasteiger partial charge < -0.3 is 4.74 Å². The lowest BCUT2D eigenvalue weighted by Gasteiger charge is -2.35. The summed E-state index contributed by atoms with van der Waals surface area (Å²) in [5.41, 5.74) is 0.654. The monoisotopic (exact) mass is 487 g/mol. The summed E-state index contributed by atoms with van der Waals surface area (Å²) < 4.78 is 13.2. The van der Waals surface area contributed by atoms with Crippen molar-refractivity contribution in [3.05, 3.63) is 11.6 Å². The molecule has 0 N–H and O–H groups in total. The second kappa shape index (κ2) is 16.9. The van der Waals surface area contributed by atoms with Crippen molar-refractivity contribution < 1.29 is 15.7 Å². The predicted octanol–water partition coefficient (Wildman–Crippen LogP) is 6.03. The molecule has 0 radical (unpaired) electrons. The summed E-state index contributed by atoms with van der Waals surface area (Å²) in [5, 5.41) is 0. The summed E-state index contributed by atoms with van der Waals surface area (Å²) in [5.74, 6) is 0.482. The number of cyclic esters (lactones) is 1. The number of rotatable bonds is 0. The largest absolute Gasteiger partial charge is 0.465 e. The van der Waals surface area contributed by atoms with Crippen LogP contribution < -0.4 is 0 Å². The van der Waals surface area contributed by atoms with Crippen molar-refractivity contribution in [1.82, 2.24) is 0 Å². The lowest BCUT2D eigenvalue weighted by molar-refractivity contribution is -0.147. The van der Waals surface area contributed by atoms with Gasteiger partial charge in [0.15, 0.2) is 0 Å². The fraction of sp³-hybridized carbons (Fsp3) is 0.818. The van der Waals surface area contributed by atoms with Crippen molar-refractivity contribution in [3.63, 3.8) is 0 Å². The van der Waals surface area contributed by atoms with Crippen molar-refractivity contribution in [2.75, 3.05) is 6.58 Å². The van der Waals surface area contributed by atoms with Crippen molar-refractivity contribution in [3.8, 4) is 0 Å². The molecule has 0 fully saturated rings. The molecule has 0 unspecified atom stereocenters. The fourth-order valence-corrected chi connectivity index (χ4v) is 3.57. The van der Waals surface area contributed by atoms with Gasteiger partial charge in [-0.05, 0) is 43.9 Å². The third-order valence-electron chi connectivity index (χ3n) is 6.45. The zero-order valence-corrected chi connectivity index (χ0v) is 23.2. The van der Waals surface area contributed by atoms with Crippen LogP contribution in [0.15, 0.2) is 11.6 Å². The molecule has 29 heavy (non-hydrogen) atoms. The van der Waals surface area contributed by atoms with Gasteiger partial charge in [0.05, 0.1) is 7.95 Å². The molecule has 0 saturated heterocycles. The minimum Gasteiger partial charge on any atom is -0.465 e. The molecule has 1 aliphatic rings. The molecule has 1 aliphatic heterocycles. The molecule has 5 atom stereocenters. The number of ether oxygens (including phenoxy) is 1. The Morgan fingerprint density at radius 2 is 1.62 bits per heavy atom. The lowest BCUT2D eigenvalue weighted by atomic mass is 9.67. The Kier molecular flexibility index (Phi) is 19.8. The van der Waals surface area contributed by atoms with Crippen LogP contribution in [-0.4, -0.2) is 18.3 Å². The molecule has 0 bridgehead atoms. The van der Waals surface area contributed by atoms with Crippen LogP contribution in [0, 0.1) is 29.1 Å². The van der Waals surface area contributed by atoms with Gasteiger partial charge in [0.25, 0.3) is 0 Å². The molecule has 0 saturated carbocycles. The normalized spacial score (nSPS) is 33.7. The molecule has 1 heterocycles. The van der Waals surface area contributed by atoms with E-state index in [4.69, 9.17) is 6.11 Å². The quantitative estimate of drug-likeness (QED) is 0.309. The Morgan fingerprint density at radius 3 is 2.17 bits per heavy atom. The number of allylic oxidation sites excluding steroid dienone is 1. The summed E-state index contributed by atoms with van der Waals surface area (Å²) in [6, 6.07) is 0. The maximum absolute atomic E-state index is 13.2. The van der Waals surface area contributed by atoms with Crippen LogP contribution in [0.3, 0.4) is 0 Å². The van der Waals surface area contributed by atoms with Crippen LogP contribution >= 0.6 is 54.0 Å². The number of hydrogen-bond donors (Lipinski definition) is 0. The van der Waals surface area contributed by atoms with Crippen molar-refractivity contribution in [2.45, 2.75) is 80.6 Å². The van der Waals surface area contributed by atoms with E-state index in [1.54, 1.807) is 0 Å². The average Bonchev–Trinajstić information content (AvgIpc) is 2.56. The third-order valence-corrected chi connectivity index (χ3v) is 6.45. The van der Waals surface area contributed by atoms with Gasteiger partial charge >= 0.3 is 5.97 Å². The van der Waals surface area contributed by atoms with E-state index in [0.717, 1.165) is 19.3 Å². The van der Waals surface area contributed by atoms with E-state index in [2.05, 4.69) is 20.8 Å². The maximum Gasteiger partial charge on any atom is 0.306 e. The summed E-state index contributed by atoms with van der Waals surface area (Å²) in [7, 11) is 0. The minimum absolute atomic E-state index is 0. The molecule has 1 rings (SSSR count). The van der Waals surface area contributed by atoms with Gasteiger partial charge in [0.1, 0.15) is 5.78 Å². The number of carbonyl (C=O) groups excluding carboxylic acids is 2. The second-order valence-electron chi connectivity index (χ2n) is 8.65. The van der Waals surface area contributed by atoms with Gasteiger partial charge in [0.2, 0.25) is 0 Å². The maximum atomic E-state index is 13.2. The summed E-state index contributed by atoms with van der Waals surface area (Å²) in [6.45, 7) is 13.5. The van der Waals surface area contributed by atoms with E-state index in [0.29, 0.717) is 18.3 Å². The predicted molar refractivity (Wildman–Crippen MR) is 145 cm³/mol. The number of ketones is 1. The van der Waals surface area contributed by atoms with Gasteiger partial charge in [-0.2, -0.15) is 54.0 Å². The first-order chi connectivity index (χ1) is 12.0. The summed E-state index contributed by atoms with van der Waals surface area (Å²) in [6.07, 6.45) is 5.79. The highest BCUT2D eigenvalue weighted by molar-refractivity contribution is 7.59. The van der Waals surface area contributed by atoms with Crippen molar-refractivity contribution >= 4 is 65.7 Å². The van der Waals surface area contributed by atoms with Crippen molar-refractivity contribution in [2.24, 2.45) is 29.1 Å². The van der Waals surface area contributed by atoms with E-state index in [1.165, 1.54) is 5.57 Å². The molecule has 3 nitrogen and oxygen atoms in total. The van der Waals surface area contributed by atoms with E-state index >= 15 is 0 Å². The van der Waals surface area contributed by atoms with Crippen LogP contribution in [0.2, 0.25) is 0 Å². The topological polar surface area (TPSA) is 43.4 Å². The highest BCUT2D eigenvalue weighted by Crippen LogP contribution is 2.37. The average molecular weight is 488 g/mol. The van der Waals surface area contributed by atoms with Gasteiger partial charge in [0, 0.05) is 17.8 Å². The fourth-order valence-electron chi connectivity index (χ4n) is 3.57. The molecule has 0 aliphatic carbocycles. The van der Waals surface area contributed by atoms with Crippen LogP contribution in [0.5, 0.6) is 0 Å². The van der Waals surface area contributed by atoms with Gasteiger partial charge in [-0.1, -0.05) is 59.6 Å². The Labute approximate surface area is 208 Å². The van der Waals surface area contributed by atoms with Crippen LogP contribution in [0.1, 0.15) is 81.9 Å². The third kappa shape index (κ3) is 11.5. The highest BCUT2D eigenvalue weighted by Gasteiger charge is 2.39. The zero-order chi connectivity index (χ0) is 20.1. The van der Waals surface area contributed by atoms with Crippen LogP contribution in [0.25, 0.3) is 0 Å². The summed E-state index contributed by atoms with van der Waals surface area (Å²) >= 11 is 0. The SMILES string of the molecule is S.S.S.S.[2H][C@@H]1C/C=C(/C)CCC[C@@H](C)[C@H](C)[C@@H](C)C(=O)C(C)(C)[C@@H](C)CC(=O)O1. The van der Waals surface area contributed by atoms with E-state index in [1.807, 2.05) is 33.8 Å². The molecule has 0 amide bonds. The van der Waals surface area contributed by atoms with E-state index in [9.17, 15) is 9.59 Å². The number of Topliss-reactive ketones (excluding diaryl/α,β-unsaturated/α-hetero) is 1. The van der Waals surface area contributed by atoms with Gasteiger partial charge in [-0.25, -0.2) is 0 Å². The Balaban J connectivity index is -0.000000845. The minimum atomic E-state index is -0.866. The molecule has 0 aromatic carbocycles. The van der Waals surface area contributed by atoms with E-state index < -0.39 is 12.0 Å². The molecule has 0 aromatic heterocycles. The van der Waals surface area contributed by atoms with Crippen LogP contribution in [-0.2, 0) is 14.3 Å². The standard InChI is InChI=1S/C22H38O3.4H2S/c1-15-10-8-12-16(2)18(4)19(5)21(24)22(6,7)17(3)14-20(23)25-13-9-11-15;;;;/h11,16-19H,8-10,12-14H2,1-7H3;4*1H2/b15-11-;;;;/t16-,17+,18+,19-;;;;/m1..../s1/i13D;;;;/t13-,16-,17+,18+,19-;;;;. The Morgan fingerprint density at radius 1 is 1.07 bits per heavy atom. The second-order valence-corrected chi connectivity index (χ2v) is 8.65. The molecule has 0 aromatic rings. The van der Waals surface area contributed by atoms with Gasteiger partial charge in [-0.15, -0.1) is 0 Å². The van der Waals surface area contributed by atoms with Crippen LogP contribution in [0.4, 0.5) is 0 Å². The number of carbonyl (C=O) groups is 2. The first-order valence-corrected chi connectivity index (χ1v) is 9.78. The first kappa shape index (κ1) is 33.9. The molecule has 176 valence electrons. The number of esters is 1. The summed E-state index contributed by atoms with van der Waals surface area (Å²) in [4.78, 5) is 25.3. The first-order valence-electron chi connectivity index (χ1n) is 10.4. The molecular formula is C22H46O3S4. The molecule has 0 spiro atoms. The zero-order valence-electron chi connectivity index (χ0n) is 20.2. The Bertz CT molecular complexity index is 540. The molecular weight excluding hydrogens is 441 g/mol. The number of hydrogen-bond acceptors (Lipinski definition) is 3. The van der Waals surface area contributed by atoms with Crippen molar-refractivity contribution in [1.29, 1.82) is 0 Å². The molecule has 7 heteroatoms. The van der Waals surface area contributed by atoms with E-state index in [-0.39, 0.29) is 84.0 Å². The smallest absolute Gasteiger partial charge is 0.306 e. The Hall–Kier alpha value is 0.280. The highest BCUT2D eigenvalue weighted by atomic mass is 32.1. The van der Waals surface area contributed by atoms with Gasteiger partial charge in [-0.3, -0.25) is 9.59 Å². The lowest BCUT2D eigenvalue weighted by Crippen LogP contribution is -2.39.